The Morgan fingerprint density at radius 1 is 1.06 bits per heavy atom. The van der Waals surface area contributed by atoms with Crippen molar-refractivity contribution in [1.29, 1.82) is 0 Å². The molecule has 106 valence electrons. The van der Waals surface area contributed by atoms with E-state index in [1.165, 1.54) is 19.3 Å². The summed E-state index contributed by atoms with van der Waals surface area (Å²) >= 11 is 0. The number of guanidine groups is 1. The van der Waals surface area contributed by atoms with Crippen LogP contribution in [0, 0.1) is 0 Å². The summed E-state index contributed by atoms with van der Waals surface area (Å²) < 4.78 is 1.86. The van der Waals surface area contributed by atoms with Gasteiger partial charge in [0.25, 0.3) is 0 Å². The molecule has 0 aliphatic heterocycles. The second kappa shape index (κ2) is 10.9. The van der Waals surface area contributed by atoms with Crippen LogP contribution >= 0.6 is 0 Å². The lowest BCUT2D eigenvalue weighted by Gasteiger charge is -2.03. The Bertz CT molecular complexity index is 261. The number of nitrogens with two attached hydrogens (primary N) is 1. The fraction of sp³-hybridized carbons (Fsp3) is 0.846. The largest absolute Gasteiger partial charge is 0.481 e. The third-order valence-electron chi connectivity index (χ3n) is 2.86. The quantitative estimate of drug-likeness (QED) is 0.239. The number of hydrogen-bond acceptors (Lipinski definition) is 1. The lowest BCUT2D eigenvalue weighted by molar-refractivity contribution is -0.467. The van der Waals surface area contributed by atoms with Gasteiger partial charge in [-0.25, -0.2) is 0 Å². The van der Waals surface area contributed by atoms with Crippen LogP contribution in [0.4, 0.5) is 0 Å². The number of carboxylic acid groups (broad SMARTS) is 1. The molecule has 0 aromatic carbocycles. The van der Waals surface area contributed by atoms with Crippen molar-refractivity contribution in [2.24, 2.45) is 5.73 Å². The van der Waals surface area contributed by atoms with Crippen LogP contribution in [0.3, 0.4) is 0 Å². The molecule has 0 saturated heterocycles. The highest BCUT2D eigenvalue weighted by Crippen LogP contribution is 2.08. The first-order valence-electron chi connectivity index (χ1n) is 6.79. The molecule has 0 radical (unpaired) electrons. The summed E-state index contributed by atoms with van der Waals surface area (Å²) in [5.41, 5.74) is 5.72. The summed E-state index contributed by atoms with van der Waals surface area (Å²) in [5, 5.41) is 11.6. The minimum Gasteiger partial charge on any atom is -0.481 e. The number of carboxylic acids is 1. The highest BCUT2D eigenvalue weighted by Gasteiger charge is 1.99. The summed E-state index contributed by atoms with van der Waals surface area (Å²) in [6, 6.07) is 0. The van der Waals surface area contributed by atoms with Crippen molar-refractivity contribution < 1.29 is 14.5 Å². The van der Waals surface area contributed by atoms with Gasteiger partial charge in [0.15, 0.2) is 0 Å². The topological polar surface area (TPSA) is 78.4 Å². The van der Waals surface area contributed by atoms with Gasteiger partial charge in [0.05, 0.1) is 20.6 Å². The number of rotatable bonds is 10. The van der Waals surface area contributed by atoms with Crippen LogP contribution in [0.25, 0.3) is 0 Å². The maximum atomic E-state index is 10.3. The number of aliphatic carboxylic acids is 1. The number of nitrogens with one attached hydrogen (secondary N) is 1. The lowest BCUT2D eigenvalue weighted by Crippen LogP contribution is -2.38. The standard InChI is InChI=1S/C13H27N3O2/c1-16(2)13(14)15-11-9-7-5-3-4-6-8-10-12(17)18/h3-11H2,1-2H3,(H3,14,15,17,18)/p+1. The lowest BCUT2D eigenvalue weighted by atomic mass is 10.1. The normalized spacial score (nSPS) is 10.1. The zero-order chi connectivity index (χ0) is 13.8. The zero-order valence-electron chi connectivity index (χ0n) is 11.7. The van der Waals surface area contributed by atoms with Gasteiger partial charge in [0.1, 0.15) is 0 Å². The second-order valence-corrected chi connectivity index (χ2v) is 4.83. The van der Waals surface area contributed by atoms with Crippen molar-refractivity contribution in [3.63, 3.8) is 0 Å². The molecule has 0 bridgehead atoms. The van der Waals surface area contributed by atoms with Crippen molar-refractivity contribution in [1.82, 2.24) is 5.32 Å². The van der Waals surface area contributed by atoms with E-state index in [-0.39, 0.29) is 0 Å². The summed E-state index contributed by atoms with van der Waals surface area (Å²) in [5.74, 6) is 0.0273. The van der Waals surface area contributed by atoms with Crippen molar-refractivity contribution in [3.8, 4) is 0 Å². The Labute approximate surface area is 110 Å². The highest BCUT2D eigenvalue weighted by molar-refractivity contribution is 5.72. The van der Waals surface area contributed by atoms with Crippen LogP contribution in [-0.4, -0.2) is 42.3 Å². The Balaban J connectivity index is 3.17. The van der Waals surface area contributed by atoms with E-state index < -0.39 is 5.97 Å². The molecule has 5 nitrogen and oxygen atoms in total. The maximum Gasteiger partial charge on any atom is 0.342 e. The van der Waals surface area contributed by atoms with Crippen LogP contribution in [0.15, 0.2) is 0 Å². The molecule has 0 spiro atoms. The molecule has 0 aliphatic carbocycles. The molecule has 0 rings (SSSR count). The van der Waals surface area contributed by atoms with Crippen molar-refractivity contribution >= 4 is 11.9 Å². The number of hydrogen-bond donors (Lipinski definition) is 3. The Morgan fingerprint density at radius 3 is 2.06 bits per heavy atom. The van der Waals surface area contributed by atoms with Crippen molar-refractivity contribution in [3.05, 3.63) is 0 Å². The van der Waals surface area contributed by atoms with Gasteiger partial charge in [0, 0.05) is 6.42 Å². The van der Waals surface area contributed by atoms with Gasteiger partial charge in [-0.05, 0) is 12.8 Å². The molecule has 0 fully saturated rings. The van der Waals surface area contributed by atoms with Gasteiger partial charge in [-0.1, -0.05) is 32.1 Å². The first-order chi connectivity index (χ1) is 8.54. The minimum atomic E-state index is -0.684. The van der Waals surface area contributed by atoms with Gasteiger partial charge < -0.3 is 5.11 Å². The Kier molecular flexibility index (Phi) is 10.1. The molecule has 0 amide bonds. The van der Waals surface area contributed by atoms with E-state index in [0.717, 1.165) is 32.2 Å². The molecule has 4 N–H and O–H groups in total. The molecule has 0 atom stereocenters. The predicted octanol–water partition coefficient (Wildman–Crippen LogP) is 1.37. The molecule has 18 heavy (non-hydrogen) atoms. The average molecular weight is 258 g/mol. The predicted molar refractivity (Wildman–Crippen MR) is 73.9 cm³/mol. The fourth-order valence-corrected chi connectivity index (χ4v) is 1.66. The van der Waals surface area contributed by atoms with E-state index in [4.69, 9.17) is 10.8 Å². The zero-order valence-corrected chi connectivity index (χ0v) is 11.7. The minimum absolute atomic E-state index is 0.309. The van der Waals surface area contributed by atoms with E-state index in [0.29, 0.717) is 12.4 Å². The van der Waals surface area contributed by atoms with Gasteiger partial charge >= 0.3 is 11.9 Å². The summed E-state index contributed by atoms with van der Waals surface area (Å²) in [6.07, 6.45) is 8.05. The summed E-state index contributed by atoms with van der Waals surface area (Å²) in [6.45, 7) is 0.920. The van der Waals surface area contributed by atoms with Gasteiger partial charge in [-0.15, -0.1) is 0 Å². The SMILES string of the molecule is C[N+](C)=C(N)NCCCCCCCCCC(=O)O. The van der Waals surface area contributed by atoms with Crippen LogP contribution in [0.5, 0.6) is 0 Å². The second-order valence-electron chi connectivity index (χ2n) is 4.83. The monoisotopic (exact) mass is 258 g/mol. The molecule has 0 unspecified atom stereocenters. The number of carbonyl (C=O) groups is 1. The first kappa shape index (κ1) is 16.7. The van der Waals surface area contributed by atoms with E-state index in [2.05, 4.69) is 5.32 Å². The molecule has 5 heteroatoms. The Hall–Kier alpha value is -1.26. The third kappa shape index (κ3) is 11.2. The Morgan fingerprint density at radius 2 is 1.56 bits per heavy atom. The van der Waals surface area contributed by atoms with Crippen LogP contribution < -0.4 is 11.1 Å². The third-order valence-corrected chi connectivity index (χ3v) is 2.86. The fourth-order valence-electron chi connectivity index (χ4n) is 1.66. The van der Waals surface area contributed by atoms with E-state index in [9.17, 15) is 4.79 Å². The average Bonchev–Trinajstić information content (AvgIpc) is 2.30. The summed E-state index contributed by atoms with van der Waals surface area (Å²) in [4.78, 5) is 10.3. The molecule has 0 aromatic rings. The van der Waals surface area contributed by atoms with Crippen LogP contribution in [-0.2, 0) is 4.79 Å². The summed E-state index contributed by atoms with van der Waals surface area (Å²) in [7, 11) is 3.83. The van der Waals surface area contributed by atoms with E-state index in [1.54, 1.807) is 0 Å². The molecular weight excluding hydrogens is 230 g/mol. The molecule has 0 aliphatic rings. The molecule has 0 saturated carbocycles. The van der Waals surface area contributed by atoms with Crippen LogP contribution in [0.1, 0.15) is 51.4 Å². The van der Waals surface area contributed by atoms with Gasteiger partial charge in [-0.3, -0.25) is 20.4 Å². The first-order valence-corrected chi connectivity index (χ1v) is 6.79. The van der Waals surface area contributed by atoms with E-state index in [1.807, 2.05) is 18.7 Å². The molecule has 0 heterocycles. The number of unbranched alkanes of at least 4 members (excludes halogenated alkanes) is 6. The smallest absolute Gasteiger partial charge is 0.342 e. The van der Waals surface area contributed by atoms with Gasteiger partial charge in [0.2, 0.25) is 0 Å². The van der Waals surface area contributed by atoms with Crippen molar-refractivity contribution in [2.75, 3.05) is 20.6 Å². The number of nitrogens with zero attached hydrogens (tertiary/aromatic N) is 1. The molecule has 0 aromatic heterocycles. The van der Waals surface area contributed by atoms with Crippen LogP contribution in [0.2, 0.25) is 0 Å². The molecular formula is C13H28N3O2+. The van der Waals surface area contributed by atoms with E-state index >= 15 is 0 Å². The maximum absolute atomic E-state index is 10.3. The van der Waals surface area contributed by atoms with Crippen molar-refractivity contribution in [2.45, 2.75) is 51.4 Å². The highest BCUT2D eigenvalue weighted by atomic mass is 16.4. The van der Waals surface area contributed by atoms with Gasteiger partial charge in [-0.2, -0.15) is 0 Å².